The lowest BCUT2D eigenvalue weighted by molar-refractivity contribution is -0.116. The van der Waals surface area contributed by atoms with Gasteiger partial charge in [0.15, 0.2) is 0 Å². The highest BCUT2D eigenvalue weighted by molar-refractivity contribution is 7.92. The van der Waals surface area contributed by atoms with Gasteiger partial charge in [0.1, 0.15) is 0 Å². The molecule has 0 bridgehead atoms. The van der Waals surface area contributed by atoms with Gasteiger partial charge in [-0.05, 0) is 60.4 Å². The highest BCUT2D eigenvalue weighted by atomic mass is 32.2. The van der Waals surface area contributed by atoms with Crippen LogP contribution >= 0.6 is 0 Å². The smallest absolute Gasteiger partial charge is 0.264 e. The molecule has 0 unspecified atom stereocenters. The van der Waals surface area contributed by atoms with Gasteiger partial charge in [-0.3, -0.25) is 9.10 Å². The maximum atomic E-state index is 13.6. The van der Waals surface area contributed by atoms with Crippen LogP contribution < -0.4 is 9.62 Å². The van der Waals surface area contributed by atoms with Crippen molar-refractivity contribution in [3.05, 3.63) is 89.5 Å². The number of sulfonamides is 1. The van der Waals surface area contributed by atoms with Gasteiger partial charge in [-0.2, -0.15) is 0 Å². The summed E-state index contributed by atoms with van der Waals surface area (Å²) in [5.74, 6) is -0.0430. The van der Waals surface area contributed by atoms with Gasteiger partial charge in [-0.15, -0.1) is 0 Å². The Bertz CT molecular complexity index is 1160. The molecule has 3 aromatic rings. The number of hydrogen-bond donors (Lipinski definition) is 1. The van der Waals surface area contributed by atoms with E-state index in [2.05, 4.69) is 5.32 Å². The number of carbonyl (C=O) groups excluding carboxylic acids is 1. The minimum absolute atomic E-state index is 0.0430. The van der Waals surface area contributed by atoms with E-state index in [1.165, 1.54) is 4.31 Å². The lowest BCUT2D eigenvalue weighted by Gasteiger charge is -2.26. The summed E-state index contributed by atoms with van der Waals surface area (Å²) < 4.78 is 28.7. The molecule has 1 amide bonds. The van der Waals surface area contributed by atoms with E-state index in [0.717, 1.165) is 16.7 Å². The van der Waals surface area contributed by atoms with Crippen LogP contribution in [0.1, 0.15) is 23.1 Å². The van der Waals surface area contributed by atoms with Crippen molar-refractivity contribution in [3.8, 4) is 0 Å². The topological polar surface area (TPSA) is 66.5 Å². The molecule has 6 heteroatoms. The van der Waals surface area contributed by atoms with Crippen molar-refractivity contribution in [1.29, 1.82) is 0 Å². The van der Waals surface area contributed by atoms with Crippen molar-refractivity contribution in [1.82, 2.24) is 0 Å². The molecule has 0 fully saturated rings. The van der Waals surface area contributed by atoms with Crippen LogP contribution in [-0.4, -0.2) is 14.3 Å². The number of amides is 1. The lowest BCUT2D eigenvalue weighted by atomic mass is 10.0. The Labute approximate surface area is 171 Å². The summed E-state index contributed by atoms with van der Waals surface area (Å²) in [5.41, 5.74) is 4.05. The fourth-order valence-electron chi connectivity index (χ4n) is 3.49. The minimum atomic E-state index is -3.80. The van der Waals surface area contributed by atoms with Crippen LogP contribution in [0.25, 0.3) is 0 Å². The molecule has 4 rings (SSSR count). The van der Waals surface area contributed by atoms with Crippen molar-refractivity contribution in [2.45, 2.75) is 31.2 Å². The van der Waals surface area contributed by atoms with Crippen LogP contribution in [0.2, 0.25) is 0 Å². The molecule has 1 aliphatic heterocycles. The standard InChI is InChI=1S/C23H22N2O3S/c1-17-6-5-9-20(14-17)25(16-18-7-3-2-4-8-18)29(27,28)21-11-12-22-19(15-21)10-13-23(26)24-22/h2-9,11-12,14-15H,10,13,16H2,1H3,(H,24,26). The molecule has 0 radical (unpaired) electrons. The third-order valence-corrected chi connectivity index (χ3v) is 6.79. The van der Waals surface area contributed by atoms with Crippen molar-refractivity contribution in [3.63, 3.8) is 0 Å². The number of nitrogens with zero attached hydrogens (tertiary/aromatic N) is 1. The Hall–Kier alpha value is -3.12. The number of nitrogens with one attached hydrogen (secondary N) is 1. The quantitative estimate of drug-likeness (QED) is 0.688. The number of anilines is 2. The monoisotopic (exact) mass is 406 g/mol. The normalized spacial score (nSPS) is 13.5. The van der Waals surface area contributed by atoms with E-state index in [-0.39, 0.29) is 17.3 Å². The summed E-state index contributed by atoms with van der Waals surface area (Å²) >= 11 is 0. The van der Waals surface area contributed by atoms with Crippen molar-refractivity contribution >= 4 is 27.3 Å². The van der Waals surface area contributed by atoms with E-state index >= 15 is 0 Å². The largest absolute Gasteiger partial charge is 0.326 e. The molecule has 0 saturated heterocycles. The summed E-state index contributed by atoms with van der Waals surface area (Å²) in [5, 5.41) is 2.80. The Morgan fingerprint density at radius 3 is 2.48 bits per heavy atom. The second-order valence-electron chi connectivity index (χ2n) is 7.20. The van der Waals surface area contributed by atoms with Crippen LogP contribution in [0, 0.1) is 6.92 Å². The van der Waals surface area contributed by atoms with Crippen LogP contribution in [0.5, 0.6) is 0 Å². The van der Waals surface area contributed by atoms with Gasteiger partial charge < -0.3 is 5.32 Å². The lowest BCUT2D eigenvalue weighted by Crippen LogP contribution is -2.31. The number of rotatable bonds is 5. The first-order valence-electron chi connectivity index (χ1n) is 9.49. The molecule has 1 aliphatic rings. The highest BCUT2D eigenvalue weighted by Crippen LogP contribution is 2.30. The number of hydrogen-bond acceptors (Lipinski definition) is 3. The van der Waals surface area contributed by atoms with E-state index in [0.29, 0.717) is 24.2 Å². The number of aryl methyl sites for hydroxylation is 2. The van der Waals surface area contributed by atoms with E-state index in [4.69, 9.17) is 0 Å². The molecule has 0 aromatic heterocycles. The van der Waals surface area contributed by atoms with Gasteiger partial charge in [0.05, 0.1) is 17.1 Å². The second kappa shape index (κ2) is 7.72. The SMILES string of the molecule is Cc1cccc(N(Cc2ccccc2)S(=O)(=O)c2ccc3c(c2)CCC(=O)N3)c1. The van der Waals surface area contributed by atoms with E-state index in [1.807, 2.05) is 61.5 Å². The minimum Gasteiger partial charge on any atom is -0.326 e. The summed E-state index contributed by atoms with van der Waals surface area (Å²) in [6.07, 6.45) is 0.899. The summed E-state index contributed by atoms with van der Waals surface area (Å²) in [7, 11) is -3.80. The van der Waals surface area contributed by atoms with Gasteiger partial charge in [0.25, 0.3) is 10.0 Å². The Balaban J connectivity index is 1.77. The second-order valence-corrected chi connectivity index (χ2v) is 9.07. The van der Waals surface area contributed by atoms with E-state index in [1.54, 1.807) is 18.2 Å². The molecule has 0 spiro atoms. The first-order valence-corrected chi connectivity index (χ1v) is 10.9. The summed E-state index contributed by atoms with van der Waals surface area (Å²) in [6, 6.07) is 22.0. The van der Waals surface area contributed by atoms with Gasteiger partial charge in [-0.25, -0.2) is 8.42 Å². The van der Waals surface area contributed by atoms with E-state index in [9.17, 15) is 13.2 Å². The summed E-state index contributed by atoms with van der Waals surface area (Å²) in [6.45, 7) is 2.18. The number of carbonyl (C=O) groups is 1. The molecule has 148 valence electrons. The molecular weight excluding hydrogens is 384 g/mol. The molecule has 0 atom stereocenters. The molecule has 0 aliphatic carbocycles. The van der Waals surface area contributed by atoms with Crippen molar-refractivity contribution < 1.29 is 13.2 Å². The van der Waals surface area contributed by atoms with Crippen LogP contribution in [0.3, 0.4) is 0 Å². The van der Waals surface area contributed by atoms with Gasteiger partial charge in [-0.1, -0.05) is 42.5 Å². The molecular formula is C23H22N2O3S. The van der Waals surface area contributed by atoms with Crippen LogP contribution in [0.4, 0.5) is 11.4 Å². The maximum Gasteiger partial charge on any atom is 0.264 e. The zero-order valence-corrected chi connectivity index (χ0v) is 16.9. The van der Waals surface area contributed by atoms with Crippen LogP contribution in [0.15, 0.2) is 77.7 Å². The average Bonchev–Trinajstić information content (AvgIpc) is 2.72. The zero-order valence-electron chi connectivity index (χ0n) is 16.1. The van der Waals surface area contributed by atoms with Crippen molar-refractivity contribution in [2.24, 2.45) is 0 Å². The Morgan fingerprint density at radius 2 is 1.72 bits per heavy atom. The predicted octanol–water partition coefficient (Wildman–Crippen LogP) is 4.28. The molecule has 1 N–H and O–H groups in total. The predicted molar refractivity (Wildman–Crippen MR) is 114 cm³/mol. The van der Waals surface area contributed by atoms with Gasteiger partial charge >= 0.3 is 0 Å². The third kappa shape index (κ3) is 4.03. The van der Waals surface area contributed by atoms with Crippen LogP contribution in [-0.2, 0) is 27.8 Å². The van der Waals surface area contributed by atoms with Gasteiger partial charge in [0, 0.05) is 12.1 Å². The molecule has 29 heavy (non-hydrogen) atoms. The van der Waals surface area contributed by atoms with E-state index < -0.39 is 10.0 Å². The highest BCUT2D eigenvalue weighted by Gasteiger charge is 2.27. The fraction of sp³-hybridized carbons (Fsp3) is 0.174. The fourth-order valence-corrected chi connectivity index (χ4v) is 4.99. The Kier molecular flexibility index (Phi) is 5.11. The first-order chi connectivity index (χ1) is 13.9. The first kappa shape index (κ1) is 19.2. The summed E-state index contributed by atoms with van der Waals surface area (Å²) in [4.78, 5) is 11.8. The average molecular weight is 407 g/mol. The third-order valence-electron chi connectivity index (χ3n) is 5.02. The Morgan fingerprint density at radius 1 is 0.931 bits per heavy atom. The number of fused-ring (bicyclic) bond motifs is 1. The van der Waals surface area contributed by atoms with Crippen molar-refractivity contribution in [2.75, 3.05) is 9.62 Å². The molecule has 3 aromatic carbocycles. The molecule has 0 saturated carbocycles. The molecule has 1 heterocycles. The molecule has 5 nitrogen and oxygen atoms in total. The maximum absolute atomic E-state index is 13.6. The number of benzene rings is 3. The van der Waals surface area contributed by atoms with Gasteiger partial charge in [0.2, 0.25) is 5.91 Å². The zero-order chi connectivity index (χ0) is 20.4.